The fraction of sp³-hybridized carbons (Fsp3) is 0.727. The zero-order valence-corrected chi connectivity index (χ0v) is 20.9. The van der Waals surface area contributed by atoms with Gasteiger partial charge in [-0.25, -0.2) is 0 Å². The quantitative estimate of drug-likeness (QED) is 0.176. The monoisotopic (exact) mass is 498 g/mol. The predicted molar refractivity (Wildman–Crippen MR) is 126 cm³/mol. The first-order chi connectivity index (χ1) is 16.3. The first-order valence-electron chi connectivity index (χ1n) is 11.7. The van der Waals surface area contributed by atoms with Crippen LogP contribution in [0.5, 0.6) is 0 Å². The van der Waals surface area contributed by atoms with E-state index < -0.39 is 66.9 Å². The standard InChI is InChI=1S/C22H38N6O7/c1-11(2)17(23)22(35)28-8-6-7-14(28)20(33)24-9-15(29)27-18(12(3)4)21(34)26-13(5)19(32)25-10-16(30)31/h11-14,17-18H,6-10,23H2,1-5H3,(H,24,33)(H,25,32)(H,26,34)(H,27,29)(H,30,31)/t13-,14-,17-,18-/m0/s1. The van der Waals surface area contributed by atoms with Gasteiger partial charge in [-0.2, -0.15) is 0 Å². The molecule has 1 rings (SSSR count). The Bertz CT molecular complexity index is 816. The summed E-state index contributed by atoms with van der Waals surface area (Å²) in [6.45, 7) is 7.84. The molecule has 1 aliphatic rings. The molecule has 0 saturated carbocycles. The maximum absolute atomic E-state index is 12.6. The van der Waals surface area contributed by atoms with E-state index in [9.17, 15) is 28.8 Å². The highest BCUT2D eigenvalue weighted by Gasteiger charge is 2.37. The number of likely N-dealkylation sites (tertiary alicyclic amines) is 1. The van der Waals surface area contributed by atoms with Crippen LogP contribution in [0.4, 0.5) is 0 Å². The number of rotatable bonds is 12. The number of carbonyl (C=O) groups excluding carboxylic acids is 5. The molecule has 0 bridgehead atoms. The second-order valence-electron chi connectivity index (χ2n) is 9.31. The Morgan fingerprint density at radius 1 is 0.914 bits per heavy atom. The summed E-state index contributed by atoms with van der Waals surface area (Å²) in [7, 11) is 0. The fourth-order valence-electron chi connectivity index (χ4n) is 3.51. The molecule has 35 heavy (non-hydrogen) atoms. The van der Waals surface area contributed by atoms with Gasteiger partial charge in [0, 0.05) is 6.54 Å². The van der Waals surface area contributed by atoms with Crippen molar-refractivity contribution < 1.29 is 33.9 Å². The van der Waals surface area contributed by atoms with Crippen LogP contribution in [-0.2, 0) is 28.8 Å². The first kappa shape index (κ1) is 29.8. The number of hydrogen-bond acceptors (Lipinski definition) is 7. The number of nitrogens with two attached hydrogens (primary N) is 1. The van der Waals surface area contributed by atoms with Crippen molar-refractivity contribution in [3.8, 4) is 0 Å². The summed E-state index contributed by atoms with van der Waals surface area (Å²) in [6.07, 6.45) is 1.11. The number of nitrogens with one attached hydrogen (secondary N) is 4. The molecule has 0 aliphatic carbocycles. The van der Waals surface area contributed by atoms with Crippen molar-refractivity contribution in [2.75, 3.05) is 19.6 Å². The summed E-state index contributed by atoms with van der Waals surface area (Å²) >= 11 is 0. The minimum absolute atomic E-state index is 0.0809. The molecule has 1 heterocycles. The topological polar surface area (TPSA) is 200 Å². The Kier molecular flexibility index (Phi) is 11.6. The third kappa shape index (κ3) is 9.15. The molecule has 0 aromatic heterocycles. The molecule has 13 nitrogen and oxygen atoms in total. The van der Waals surface area contributed by atoms with Gasteiger partial charge in [0.2, 0.25) is 29.5 Å². The van der Waals surface area contributed by atoms with E-state index >= 15 is 0 Å². The Labute approximate surface area is 204 Å². The summed E-state index contributed by atoms with van der Waals surface area (Å²) in [5, 5.41) is 18.3. The van der Waals surface area contributed by atoms with Crippen LogP contribution in [0.1, 0.15) is 47.5 Å². The molecule has 0 spiro atoms. The minimum atomic E-state index is -1.22. The van der Waals surface area contributed by atoms with Crippen LogP contribution in [0, 0.1) is 11.8 Å². The van der Waals surface area contributed by atoms with E-state index in [4.69, 9.17) is 10.8 Å². The summed E-state index contributed by atoms with van der Waals surface area (Å²) in [5.74, 6) is -4.37. The van der Waals surface area contributed by atoms with Gasteiger partial charge in [-0.1, -0.05) is 27.7 Å². The SMILES string of the molecule is CC(C)[C@H](N)C(=O)N1CCC[C@H]1C(=O)NCC(=O)N[C@H](C(=O)N[C@@H](C)C(=O)NCC(=O)O)C(C)C. The Morgan fingerprint density at radius 2 is 1.54 bits per heavy atom. The highest BCUT2D eigenvalue weighted by Crippen LogP contribution is 2.19. The normalized spacial score (nSPS) is 17.9. The summed E-state index contributed by atoms with van der Waals surface area (Å²) in [5.41, 5.74) is 5.94. The van der Waals surface area contributed by atoms with Gasteiger partial charge < -0.3 is 37.0 Å². The van der Waals surface area contributed by atoms with Crippen molar-refractivity contribution in [2.24, 2.45) is 17.6 Å². The molecule has 198 valence electrons. The lowest BCUT2D eigenvalue weighted by Gasteiger charge is -2.28. The molecular formula is C22H38N6O7. The minimum Gasteiger partial charge on any atom is -0.480 e. The predicted octanol–water partition coefficient (Wildman–Crippen LogP) is -2.08. The van der Waals surface area contributed by atoms with Gasteiger partial charge in [0.25, 0.3) is 0 Å². The van der Waals surface area contributed by atoms with Crippen LogP contribution in [0.2, 0.25) is 0 Å². The van der Waals surface area contributed by atoms with E-state index in [1.54, 1.807) is 13.8 Å². The van der Waals surface area contributed by atoms with Crippen molar-refractivity contribution in [3.63, 3.8) is 0 Å². The van der Waals surface area contributed by atoms with Crippen LogP contribution < -0.4 is 27.0 Å². The van der Waals surface area contributed by atoms with Crippen LogP contribution in [-0.4, -0.2) is 89.3 Å². The smallest absolute Gasteiger partial charge is 0.322 e. The van der Waals surface area contributed by atoms with Gasteiger partial charge in [0.05, 0.1) is 12.6 Å². The number of hydrogen-bond donors (Lipinski definition) is 6. The Balaban J connectivity index is 2.64. The molecule has 7 N–H and O–H groups in total. The zero-order chi connectivity index (χ0) is 26.9. The van der Waals surface area contributed by atoms with E-state index in [1.165, 1.54) is 11.8 Å². The second kappa shape index (κ2) is 13.6. The number of nitrogens with zero attached hydrogens (tertiary/aromatic N) is 1. The Morgan fingerprint density at radius 3 is 2.09 bits per heavy atom. The lowest BCUT2D eigenvalue weighted by molar-refractivity contribution is -0.140. The molecule has 0 radical (unpaired) electrons. The molecule has 0 aromatic rings. The van der Waals surface area contributed by atoms with Crippen LogP contribution in [0.25, 0.3) is 0 Å². The van der Waals surface area contributed by atoms with Crippen LogP contribution in [0.3, 0.4) is 0 Å². The third-order valence-corrected chi connectivity index (χ3v) is 5.70. The number of carbonyl (C=O) groups is 6. The number of aliphatic carboxylic acids is 1. The maximum atomic E-state index is 12.6. The molecule has 4 atom stereocenters. The zero-order valence-electron chi connectivity index (χ0n) is 20.9. The third-order valence-electron chi connectivity index (χ3n) is 5.70. The molecule has 13 heteroatoms. The lowest BCUT2D eigenvalue weighted by atomic mass is 10.0. The highest BCUT2D eigenvalue weighted by atomic mass is 16.4. The van der Waals surface area contributed by atoms with E-state index in [0.29, 0.717) is 19.4 Å². The van der Waals surface area contributed by atoms with Crippen molar-refractivity contribution in [2.45, 2.75) is 71.6 Å². The van der Waals surface area contributed by atoms with E-state index in [2.05, 4.69) is 21.3 Å². The molecule has 0 aromatic carbocycles. The average Bonchev–Trinajstić information content (AvgIpc) is 3.27. The van der Waals surface area contributed by atoms with Gasteiger partial charge in [-0.3, -0.25) is 28.8 Å². The first-order valence-corrected chi connectivity index (χ1v) is 11.7. The van der Waals surface area contributed by atoms with Gasteiger partial charge in [-0.05, 0) is 31.6 Å². The van der Waals surface area contributed by atoms with Crippen molar-refractivity contribution in [1.82, 2.24) is 26.2 Å². The fourth-order valence-corrected chi connectivity index (χ4v) is 3.51. The highest BCUT2D eigenvalue weighted by molar-refractivity contribution is 5.95. The largest absolute Gasteiger partial charge is 0.480 e. The van der Waals surface area contributed by atoms with Crippen molar-refractivity contribution in [1.29, 1.82) is 0 Å². The maximum Gasteiger partial charge on any atom is 0.322 e. The molecule has 5 amide bonds. The van der Waals surface area contributed by atoms with E-state index in [-0.39, 0.29) is 17.7 Å². The summed E-state index contributed by atoms with van der Waals surface area (Å²) < 4.78 is 0. The van der Waals surface area contributed by atoms with Crippen molar-refractivity contribution >= 4 is 35.5 Å². The van der Waals surface area contributed by atoms with Crippen LogP contribution in [0.15, 0.2) is 0 Å². The summed E-state index contributed by atoms with van der Waals surface area (Å²) in [6, 6.07) is -3.45. The lowest BCUT2D eigenvalue weighted by Crippen LogP contribution is -2.56. The second-order valence-corrected chi connectivity index (χ2v) is 9.31. The number of carboxylic acid groups (broad SMARTS) is 1. The van der Waals surface area contributed by atoms with Gasteiger partial charge in [0.1, 0.15) is 24.7 Å². The van der Waals surface area contributed by atoms with Crippen molar-refractivity contribution in [3.05, 3.63) is 0 Å². The average molecular weight is 499 g/mol. The molecule has 1 aliphatic heterocycles. The summed E-state index contributed by atoms with van der Waals surface area (Å²) in [4.78, 5) is 74.2. The van der Waals surface area contributed by atoms with Gasteiger partial charge in [-0.15, -0.1) is 0 Å². The number of amides is 5. The van der Waals surface area contributed by atoms with Gasteiger partial charge >= 0.3 is 5.97 Å². The van der Waals surface area contributed by atoms with Gasteiger partial charge in [0.15, 0.2) is 0 Å². The molecule has 1 saturated heterocycles. The molecular weight excluding hydrogens is 460 g/mol. The van der Waals surface area contributed by atoms with E-state index in [1.807, 2.05) is 13.8 Å². The van der Waals surface area contributed by atoms with Crippen LogP contribution >= 0.6 is 0 Å². The van der Waals surface area contributed by atoms with E-state index in [0.717, 1.165) is 0 Å². The molecule has 0 unspecified atom stereocenters. The number of carboxylic acids is 1. The molecule has 1 fully saturated rings. The Hall–Kier alpha value is -3.22.